The highest BCUT2D eigenvalue weighted by Gasteiger charge is 2.10. The first kappa shape index (κ1) is 19.2. The number of guanidine groups is 1. The zero-order chi connectivity index (χ0) is 20.2. The summed E-state index contributed by atoms with van der Waals surface area (Å²) in [6.45, 7) is 2.02. The van der Waals surface area contributed by atoms with Crippen LogP contribution in [0.1, 0.15) is 11.3 Å². The van der Waals surface area contributed by atoms with Crippen LogP contribution >= 0.6 is 23.1 Å². The fourth-order valence-electron chi connectivity index (χ4n) is 2.64. The first-order valence-electron chi connectivity index (χ1n) is 8.87. The molecule has 0 bridgehead atoms. The lowest BCUT2D eigenvalue weighted by atomic mass is 10.2. The molecule has 146 valence electrons. The van der Waals surface area contributed by atoms with E-state index in [1.807, 2.05) is 55.5 Å². The first-order chi connectivity index (χ1) is 14.0. The van der Waals surface area contributed by atoms with E-state index in [0.717, 1.165) is 25.8 Å². The molecule has 0 fully saturated rings. The number of thiazole rings is 1. The summed E-state index contributed by atoms with van der Waals surface area (Å²) < 4.78 is 2.08. The second-order valence-corrected chi connectivity index (χ2v) is 8.60. The fourth-order valence-corrected chi connectivity index (χ4v) is 4.60. The standard InChI is InChI=1S/C20H18N6OS2/c1-12-6-8-13(9-7-12)22-18(21)26-19-23-14(10-17(27)25-19)11-28-20-24-15-4-2-3-5-16(15)29-20/h2-10H,11H2,1H3,(H4,21,22,23,25,26,27)/p+1. The van der Waals surface area contributed by atoms with Gasteiger partial charge in [0.25, 0.3) is 11.5 Å². The van der Waals surface area contributed by atoms with E-state index >= 15 is 0 Å². The minimum atomic E-state index is -0.245. The molecule has 2 aromatic carbocycles. The molecule has 0 aliphatic heterocycles. The molecule has 0 aliphatic carbocycles. The second-order valence-electron chi connectivity index (χ2n) is 6.35. The lowest BCUT2D eigenvalue weighted by Crippen LogP contribution is -2.73. The number of fused-ring (bicyclic) bond motifs is 1. The van der Waals surface area contributed by atoms with Crippen LogP contribution in [-0.4, -0.2) is 20.9 Å². The van der Waals surface area contributed by atoms with Crippen LogP contribution in [0.3, 0.4) is 0 Å². The van der Waals surface area contributed by atoms with Crippen molar-refractivity contribution in [3.8, 4) is 0 Å². The van der Waals surface area contributed by atoms with Crippen molar-refractivity contribution in [2.75, 3.05) is 5.32 Å². The molecule has 4 aromatic rings. The Morgan fingerprint density at radius 3 is 2.79 bits per heavy atom. The summed E-state index contributed by atoms with van der Waals surface area (Å²) in [5.41, 5.74) is 9.37. The highest BCUT2D eigenvalue weighted by molar-refractivity contribution is 8.00. The molecule has 0 aliphatic rings. The zero-order valence-electron chi connectivity index (χ0n) is 15.6. The third-order valence-electron chi connectivity index (χ3n) is 4.00. The molecule has 0 spiro atoms. The van der Waals surface area contributed by atoms with E-state index in [4.69, 9.17) is 5.73 Å². The highest BCUT2D eigenvalue weighted by atomic mass is 32.2. The fraction of sp³-hybridized carbons (Fsp3) is 0.100. The van der Waals surface area contributed by atoms with Crippen LogP contribution in [0, 0.1) is 6.92 Å². The Morgan fingerprint density at radius 2 is 2.00 bits per heavy atom. The third-order valence-corrected chi connectivity index (χ3v) is 6.21. The number of anilines is 1. The number of para-hydroxylation sites is 1. The minimum absolute atomic E-state index is 0.245. The summed E-state index contributed by atoms with van der Waals surface area (Å²) in [5.74, 6) is 1.09. The molecule has 0 saturated carbocycles. The van der Waals surface area contributed by atoms with Crippen molar-refractivity contribution in [1.82, 2.24) is 15.0 Å². The van der Waals surface area contributed by atoms with Crippen molar-refractivity contribution in [3.05, 3.63) is 76.2 Å². The van der Waals surface area contributed by atoms with Crippen LogP contribution in [0.25, 0.3) is 10.2 Å². The topological polar surface area (TPSA) is 111 Å². The number of benzene rings is 2. The van der Waals surface area contributed by atoms with E-state index in [0.29, 0.717) is 11.4 Å². The summed E-state index contributed by atoms with van der Waals surface area (Å²) in [7, 11) is 0. The Balaban J connectivity index is 1.47. The lowest BCUT2D eigenvalue weighted by Gasteiger charge is -2.02. The maximum atomic E-state index is 12.0. The molecule has 2 heterocycles. The van der Waals surface area contributed by atoms with Crippen molar-refractivity contribution in [1.29, 1.82) is 0 Å². The summed E-state index contributed by atoms with van der Waals surface area (Å²) in [6, 6.07) is 17.3. The van der Waals surface area contributed by atoms with Crippen molar-refractivity contribution < 1.29 is 4.99 Å². The van der Waals surface area contributed by atoms with Gasteiger partial charge in [-0.2, -0.15) is 0 Å². The number of H-pyrrole nitrogens is 1. The molecular formula is C20H19N6OS2+. The predicted octanol–water partition coefficient (Wildman–Crippen LogP) is 2.12. The molecule has 0 atom stereocenters. The molecule has 0 radical (unpaired) electrons. The zero-order valence-corrected chi connectivity index (χ0v) is 17.2. The van der Waals surface area contributed by atoms with Gasteiger partial charge in [-0.25, -0.2) is 15.0 Å². The lowest BCUT2D eigenvalue weighted by molar-refractivity contribution is -0.365. The Labute approximate surface area is 175 Å². The molecule has 0 unspecified atom stereocenters. The maximum Gasteiger partial charge on any atom is 0.325 e. The third kappa shape index (κ3) is 5.01. The van der Waals surface area contributed by atoms with E-state index in [1.54, 1.807) is 23.1 Å². The van der Waals surface area contributed by atoms with Crippen molar-refractivity contribution in [2.45, 2.75) is 17.0 Å². The summed E-state index contributed by atoms with van der Waals surface area (Å²) in [6.07, 6.45) is 0. The number of nitrogens with zero attached hydrogens (tertiary/aromatic N) is 2. The van der Waals surface area contributed by atoms with E-state index in [9.17, 15) is 4.79 Å². The Kier molecular flexibility index (Phi) is 5.59. The molecule has 0 saturated heterocycles. The van der Waals surface area contributed by atoms with E-state index in [1.165, 1.54) is 6.07 Å². The second kappa shape index (κ2) is 8.46. The Morgan fingerprint density at radius 1 is 1.21 bits per heavy atom. The van der Waals surface area contributed by atoms with Gasteiger partial charge in [0, 0.05) is 6.07 Å². The predicted molar refractivity (Wildman–Crippen MR) is 119 cm³/mol. The number of rotatable bonds is 5. The van der Waals surface area contributed by atoms with Gasteiger partial charge in [0.15, 0.2) is 4.34 Å². The summed E-state index contributed by atoms with van der Waals surface area (Å²) in [4.78, 5) is 26.6. The molecule has 9 heteroatoms. The van der Waals surface area contributed by atoms with Gasteiger partial charge in [-0.3, -0.25) is 10.1 Å². The maximum absolute atomic E-state index is 12.0. The molecule has 7 nitrogen and oxygen atoms in total. The molecule has 0 amide bonds. The van der Waals surface area contributed by atoms with Crippen LogP contribution in [0.15, 0.2) is 63.7 Å². The van der Waals surface area contributed by atoms with Crippen molar-refractivity contribution in [3.63, 3.8) is 0 Å². The van der Waals surface area contributed by atoms with Crippen LogP contribution in [0.2, 0.25) is 0 Å². The number of aryl methyl sites for hydroxylation is 1. The number of hydrogen-bond acceptors (Lipinski definition) is 5. The van der Waals surface area contributed by atoms with Gasteiger partial charge >= 0.3 is 5.95 Å². The summed E-state index contributed by atoms with van der Waals surface area (Å²) in [5, 5.41) is 3.04. The molecule has 29 heavy (non-hydrogen) atoms. The van der Waals surface area contributed by atoms with Gasteiger partial charge in [-0.05, 0) is 31.2 Å². The van der Waals surface area contributed by atoms with Gasteiger partial charge in [0.05, 0.1) is 21.7 Å². The van der Waals surface area contributed by atoms with Gasteiger partial charge in [0.1, 0.15) is 5.69 Å². The number of aromatic amines is 1. The molecule has 4 rings (SSSR count). The quantitative estimate of drug-likeness (QED) is 0.222. The van der Waals surface area contributed by atoms with Crippen LogP contribution in [0.5, 0.6) is 0 Å². The minimum Gasteiger partial charge on any atom is -0.322 e. The first-order valence-corrected chi connectivity index (χ1v) is 10.7. The van der Waals surface area contributed by atoms with Gasteiger partial charge in [-0.15, -0.1) is 16.3 Å². The van der Waals surface area contributed by atoms with Crippen molar-refractivity contribution >= 4 is 50.9 Å². The normalized spacial score (nSPS) is 11.7. The Bertz CT molecular complexity index is 1200. The molecular weight excluding hydrogens is 404 g/mol. The van der Waals surface area contributed by atoms with E-state index in [2.05, 4.69) is 25.3 Å². The number of aromatic nitrogens is 3. The van der Waals surface area contributed by atoms with Crippen LogP contribution in [0.4, 0.5) is 11.6 Å². The Hall–Kier alpha value is -3.17. The monoisotopic (exact) mass is 423 g/mol. The largest absolute Gasteiger partial charge is 0.325 e. The van der Waals surface area contributed by atoms with Crippen molar-refractivity contribution in [2.24, 2.45) is 5.73 Å². The highest BCUT2D eigenvalue weighted by Crippen LogP contribution is 2.30. The molecule has 5 N–H and O–H groups in total. The van der Waals surface area contributed by atoms with E-state index < -0.39 is 0 Å². The van der Waals surface area contributed by atoms with E-state index in [-0.39, 0.29) is 17.5 Å². The summed E-state index contributed by atoms with van der Waals surface area (Å²) >= 11 is 3.18. The van der Waals surface area contributed by atoms with Crippen LogP contribution in [-0.2, 0) is 5.75 Å². The number of hydrogen-bond donors (Lipinski definition) is 4. The number of nitrogens with one attached hydrogen (secondary N) is 3. The van der Waals surface area contributed by atoms with Gasteiger partial charge < -0.3 is 5.73 Å². The average molecular weight is 424 g/mol. The van der Waals surface area contributed by atoms with Gasteiger partial charge in [0.2, 0.25) is 0 Å². The number of thioether (sulfide) groups is 1. The van der Waals surface area contributed by atoms with Crippen LogP contribution < -0.4 is 21.6 Å². The number of nitrogens with two attached hydrogens (primary N) is 1. The average Bonchev–Trinajstić information content (AvgIpc) is 3.11. The smallest absolute Gasteiger partial charge is 0.322 e. The molecule has 2 aromatic heterocycles. The van der Waals surface area contributed by atoms with Gasteiger partial charge in [-0.1, -0.05) is 41.6 Å². The SMILES string of the molecule is Cc1ccc(NC(N)=[NH+]c2nc(CSc3nc4ccccc4s3)cc(=O)[nH]2)cc1.